The zero-order valence-corrected chi connectivity index (χ0v) is 16.4. The Balaban J connectivity index is 1.80. The molecule has 26 heavy (non-hydrogen) atoms. The lowest BCUT2D eigenvalue weighted by Crippen LogP contribution is -2.49. The summed E-state index contributed by atoms with van der Waals surface area (Å²) < 4.78 is 0. The van der Waals surface area contributed by atoms with Crippen molar-refractivity contribution in [1.82, 2.24) is 10.2 Å². The molecule has 0 unspecified atom stereocenters. The zero-order chi connectivity index (χ0) is 18.7. The molecule has 0 bridgehead atoms. The summed E-state index contributed by atoms with van der Waals surface area (Å²) in [6.45, 7) is 6.59. The van der Waals surface area contributed by atoms with Crippen LogP contribution in [0.5, 0.6) is 0 Å². The fourth-order valence-corrected chi connectivity index (χ4v) is 4.61. The van der Waals surface area contributed by atoms with Crippen LogP contribution in [0.15, 0.2) is 41.8 Å². The summed E-state index contributed by atoms with van der Waals surface area (Å²) in [5, 5.41) is 5.06. The molecule has 1 aliphatic rings. The number of nitrogens with zero attached hydrogens (tertiary/aromatic N) is 1. The Bertz CT molecular complexity index is 769. The van der Waals surface area contributed by atoms with Crippen LogP contribution in [0.3, 0.4) is 0 Å². The molecule has 1 amide bonds. The van der Waals surface area contributed by atoms with Crippen LogP contribution in [0.25, 0.3) is 0 Å². The molecule has 4 nitrogen and oxygen atoms in total. The minimum absolute atomic E-state index is 0.00623. The molecule has 0 radical (unpaired) electrons. The first kappa shape index (κ1) is 18.8. The van der Waals surface area contributed by atoms with Crippen LogP contribution in [0.2, 0.25) is 0 Å². The van der Waals surface area contributed by atoms with Gasteiger partial charge < -0.3 is 5.32 Å². The van der Waals surface area contributed by atoms with Crippen LogP contribution in [-0.2, 0) is 16.0 Å². The van der Waals surface area contributed by atoms with E-state index in [9.17, 15) is 9.59 Å². The number of rotatable bonds is 6. The van der Waals surface area contributed by atoms with Gasteiger partial charge in [-0.1, -0.05) is 44.2 Å². The van der Waals surface area contributed by atoms with Crippen molar-refractivity contribution in [2.45, 2.75) is 39.3 Å². The Morgan fingerprint density at radius 1 is 1.23 bits per heavy atom. The highest BCUT2D eigenvalue weighted by Gasteiger charge is 2.31. The number of fused-ring (bicyclic) bond motifs is 1. The third kappa shape index (κ3) is 4.05. The van der Waals surface area contributed by atoms with Gasteiger partial charge >= 0.3 is 0 Å². The van der Waals surface area contributed by atoms with Crippen molar-refractivity contribution in [2.75, 3.05) is 13.1 Å². The van der Waals surface area contributed by atoms with Crippen LogP contribution in [0, 0.1) is 5.92 Å². The standard InChI is InChI=1S/C21H26N2O2S/c1-14(2)20(15(3)24)22-19(25)13-23-11-9-18-17(10-12-26-18)21(23)16-7-5-4-6-8-16/h4-8,10,12,14,20-21H,9,11,13H2,1-3H3,(H,22,25)/t20-,21+/m0/s1. The summed E-state index contributed by atoms with van der Waals surface area (Å²) in [6, 6.07) is 12.2. The number of amides is 1. The van der Waals surface area contributed by atoms with Crippen LogP contribution in [0.4, 0.5) is 0 Å². The fraction of sp³-hybridized carbons (Fsp3) is 0.429. The van der Waals surface area contributed by atoms with Crippen LogP contribution >= 0.6 is 11.3 Å². The molecule has 0 spiro atoms. The van der Waals surface area contributed by atoms with E-state index in [0.717, 1.165) is 13.0 Å². The van der Waals surface area contributed by atoms with Gasteiger partial charge in [-0.2, -0.15) is 0 Å². The van der Waals surface area contributed by atoms with Crippen molar-refractivity contribution in [3.8, 4) is 0 Å². The second kappa shape index (κ2) is 8.14. The van der Waals surface area contributed by atoms with Crippen molar-refractivity contribution in [1.29, 1.82) is 0 Å². The minimum Gasteiger partial charge on any atom is -0.345 e. The summed E-state index contributed by atoms with van der Waals surface area (Å²) in [7, 11) is 0. The lowest BCUT2D eigenvalue weighted by molar-refractivity contribution is -0.128. The van der Waals surface area contributed by atoms with Gasteiger partial charge in [-0.15, -0.1) is 11.3 Å². The van der Waals surface area contributed by atoms with E-state index in [0.29, 0.717) is 6.54 Å². The molecule has 0 aliphatic carbocycles. The minimum atomic E-state index is -0.417. The Morgan fingerprint density at radius 2 is 1.96 bits per heavy atom. The molecule has 2 atom stereocenters. The Hall–Kier alpha value is -1.98. The van der Waals surface area contributed by atoms with Gasteiger partial charge in [0.1, 0.15) is 0 Å². The molecule has 1 aromatic carbocycles. The van der Waals surface area contributed by atoms with Crippen molar-refractivity contribution in [2.24, 2.45) is 5.92 Å². The lowest BCUT2D eigenvalue weighted by Gasteiger charge is -2.36. The van der Waals surface area contributed by atoms with E-state index in [1.165, 1.54) is 22.9 Å². The van der Waals surface area contributed by atoms with E-state index in [4.69, 9.17) is 0 Å². The zero-order valence-electron chi connectivity index (χ0n) is 15.6. The van der Waals surface area contributed by atoms with Crippen LogP contribution < -0.4 is 5.32 Å². The average molecular weight is 371 g/mol. The maximum atomic E-state index is 12.7. The summed E-state index contributed by atoms with van der Waals surface area (Å²) in [6.07, 6.45) is 0.962. The van der Waals surface area contributed by atoms with Gasteiger partial charge in [0.15, 0.2) is 5.78 Å². The summed E-state index contributed by atoms with van der Waals surface area (Å²) in [5.41, 5.74) is 2.50. The number of ketones is 1. The molecule has 1 N–H and O–H groups in total. The first-order valence-corrected chi connectivity index (χ1v) is 10.0. The molecule has 2 aromatic rings. The van der Waals surface area contributed by atoms with Gasteiger partial charge in [-0.3, -0.25) is 14.5 Å². The largest absolute Gasteiger partial charge is 0.345 e. The molecule has 1 aromatic heterocycles. The van der Waals surface area contributed by atoms with Crippen molar-refractivity contribution < 1.29 is 9.59 Å². The quantitative estimate of drug-likeness (QED) is 0.848. The molecule has 2 heterocycles. The Morgan fingerprint density at radius 3 is 2.62 bits per heavy atom. The number of thiophene rings is 1. The number of carbonyl (C=O) groups is 2. The molecular formula is C21H26N2O2S. The highest BCUT2D eigenvalue weighted by Crippen LogP contribution is 2.37. The highest BCUT2D eigenvalue weighted by molar-refractivity contribution is 7.10. The number of carbonyl (C=O) groups excluding carboxylic acids is 2. The van der Waals surface area contributed by atoms with Crippen molar-refractivity contribution in [3.05, 3.63) is 57.8 Å². The molecule has 1 aliphatic heterocycles. The molecular weight excluding hydrogens is 344 g/mol. The van der Waals surface area contributed by atoms with E-state index in [-0.39, 0.29) is 23.7 Å². The van der Waals surface area contributed by atoms with Gasteiger partial charge in [0.05, 0.1) is 18.6 Å². The first-order valence-electron chi connectivity index (χ1n) is 9.12. The van der Waals surface area contributed by atoms with Gasteiger partial charge in [0.25, 0.3) is 0 Å². The van der Waals surface area contributed by atoms with Crippen molar-refractivity contribution in [3.63, 3.8) is 0 Å². The maximum Gasteiger partial charge on any atom is 0.234 e. The third-order valence-electron chi connectivity index (χ3n) is 4.95. The molecule has 3 rings (SSSR count). The number of nitrogens with one attached hydrogen (secondary N) is 1. The summed E-state index contributed by atoms with van der Waals surface area (Å²) in [5.74, 6) is 0.0106. The van der Waals surface area contributed by atoms with E-state index < -0.39 is 6.04 Å². The first-order chi connectivity index (χ1) is 12.5. The van der Waals surface area contributed by atoms with Crippen LogP contribution in [-0.4, -0.2) is 35.7 Å². The second-order valence-electron chi connectivity index (χ2n) is 7.23. The summed E-state index contributed by atoms with van der Waals surface area (Å²) in [4.78, 5) is 28.1. The second-order valence-corrected chi connectivity index (χ2v) is 8.23. The van der Waals surface area contributed by atoms with E-state index >= 15 is 0 Å². The van der Waals surface area contributed by atoms with E-state index in [1.807, 2.05) is 32.0 Å². The predicted octanol–water partition coefficient (Wildman–Crippen LogP) is 3.43. The monoisotopic (exact) mass is 370 g/mol. The van der Waals surface area contributed by atoms with Gasteiger partial charge in [0.2, 0.25) is 5.91 Å². The van der Waals surface area contributed by atoms with Crippen LogP contribution in [0.1, 0.15) is 42.8 Å². The number of Topliss-reactive ketones (excluding diaryl/α,β-unsaturated/α-hetero) is 1. The Labute approximate surface area is 159 Å². The predicted molar refractivity (Wildman–Crippen MR) is 105 cm³/mol. The molecule has 0 saturated heterocycles. The summed E-state index contributed by atoms with van der Waals surface area (Å²) >= 11 is 1.79. The number of benzene rings is 1. The molecule has 0 fully saturated rings. The van der Waals surface area contributed by atoms with E-state index in [1.54, 1.807) is 11.3 Å². The Kier molecular flexibility index (Phi) is 5.89. The average Bonchev–Trinajstić information content (AvgIpc) is 3.08. The van der Waals surface area contributed by atoms with Gasteiger partial charge in [-0.25, -0.2) is 0 Å². The lowest BCUT2D eigenvalue weighted by atomic mass is 9.93. The molecule has 5 heteroatoms. The smallest absolute Gasteiger partial charge is 0.234 e. The van der Waals surface area contributed by atoms with Crippen molar-refractivity contribution >= 4 is 23.0 Å². The maximum absolute atomic E-state index is 12.7. The molecule has 138 valence electrons. The molecule has 0 saturated carbocycles. The van der Waals surface area contributed by atoms with Gasteiger partial charge in [0, 0.05) is 11.4 Å². The third-order valence-corrected chi connectivity index (χ3v) is 5.95. The number of hydrogen-bond donors (Lipinski definition) is 1. The fourth-order valence-electron chi connectivity index (χ4n) is 3.71. The highest BCUT2D eigenvalue weighted by atomic mass is 32.1. The topological polar surface area (TPSA) is 49.4 Å². The SMILES string of the molecule is CC(=O)[C@@H](NC(=O)CN1CCc2sccc2[C@H]1c1ccccc1)C(C)C. The van der Waals surface area contributed by atoms with Gasteiger partial charge in [-0.05, 0) is 41.8 Å². The van der Waals surface area contributed by atoms with E-state index in [2.05, 4.69) is 33.8 Å². The number of hydrogen-bond acceptors (Lipinski definition) is 4. The normalized spacial score (nSPS) is 18.4.